The fraction of sp³-hybridized carbons (Fsp3) is 0.833. The number of carbonyl (C=O) groups excluding carboxylic acids is 2. The van der Waals surface area contributed by atoms with E-state index in [1.165, 1.54) is 32.1 Å². The molecule has 1 unspecified atom stereocenters. The van der Waals surface area contributed by atoms with Crippen LogP contribution in [0.15, 0.2) is 0 Å². The van der Waals surface area contributed by atoms with Gasteiger partial charge in [-0.25, -0.2) is 0 Å². The maximum absolute atomic E-state index is 11.9. The molecule has 0 saturated heterocycles. The largest absolute Gasteiger partial charge is 0.481 e. The van der Waals surface area contributed by atoms with E-state index in [4.69, 9.17) is 5.11 Å². The van der Waals surface area contributed by atoms with Crippen molar-refractivity contribution in [1.29, 1.82) is 0 Å². The Kier molecular flexibility index (Phi) is 15.6. The number of aliphatic carboxylic acids is 1. The Labute approximate surface area is 154 Å². The SMILES string of the molecule is CCCCCCCCCC(=O)N[C@H](P)C(=O)NCCCCCC(=O)O. The Hall–Kier alpha value is -1.16. The van der Waals surface area contributed by atoms with Crippen LogP contribution in [0.4, 0.5) is 0 Å². The Morgan fingerprint density at radius 1 is 0.880 bits per heavy atom. The zero-order valence-corrected chi connectivity index (χ0v) is 16.7. The van der Waals surface area contributed by atoms with E-state index < -0.39 is 11.8 Å². The first-order chi connectivity index (χ1) is 12.0. The number of hydrogen-bond donors (Lipinski definition) is 3. The van der Waals surface area contributed by atoms with Crippen LogP contribution in [0.5, 0.6) is 0 Å². The number of carboxylic acids is 1. The topological polar surface area (TPSA) is 95.5 Å². The van der Waals surface area contributed by atoms with Crippen molar-refractivity contribution >= 4 is 27.0 Å². The van der Waals surface area contributed by atoms with Gasteiger partial charge in [0.1, 0.15) is 5.78 Å². The molecule has 2 atom stereocenters. The van der Waals surface area contributed by atoms with Gasteiger partial charge in [-0.1, -0.05) is 51.9 Å². The van der Waals surface area contributed by atoms with Crippen molar-refractivity contribution in [1.82, 2.24) is 10.6 Å². The molecule has 0 aliphatic heterocycles. The van der Waals surface area contributed by atoms with E-state index in [2.05, 4.69) is 26.8 Å². The average molecular weight is 374 g/mol. The highest BCUT2D eigenvalue weighted by Gasteiger charge is 2.14. The average Bonchev–Trinajstić information content (AvgIpc) is 2.56. The van der Waals surface area contributed by atoms with Gasteiger partial charge in [-0.05, 0) is 19.3 Å². The van der Waals surface area contributed by atoms with Gasteiger partial charge in [-0.2, -0.15) is 0 Å². The first-order valence-electron chi connectivity index (χ1n) is 9.51. The fourth-order valence-electron chi connectivity index (χ4n) is 2.45. The summed E-state index contributed by atoms with van der Waals surface area (Å²) < 4.78 is 0. The van der Waals surface area contributed by atoms with Crippen LogP contribution in [0.3, 0.4) is 0 Å². The molecule has 7 heteroatoms. The number of hydrogen-bond acceptors (Lipinski definition) is 3. The highest BCUT2D eigenvalue weighted by Crippen LogP contribution is 2.08. The van der Waals surface area contributed by atoms with Gasteiger partial charge < -0.3 is 15.7 Å². The predicted octanol–water partition coefficient (Wildman–Crippen LogP) is 3.21. The van der Waals surface area contributed by atoms with Crippen LogP contribution in [0.25, 0.3) is 0 Å². The molecule has 0 saturated carbocycles. The lowest BCUT2D eigenvalue weighted by Gasteiger charge is -2.14. The Morgan fingerprint density at radius 3 is 2.08 bits per heavy atom. The molecule has 2 amide bonds. The van der Waals surface area contributed by atoms with Gasteiger partial charge in [-0.3, -0.25) is 14.4 Å². The monoisotopic (exact) mass is 374 g/mol. The second-order valence-corrected chi connectivity index (χ2v) is 7.08. The van der Waals surface area contributed by atoms with Gasteiger partial charge in [0.15, 0.2) is 0 Å². The third kappa shape index (κ3) is 16.1. The lowest BCUT2D eigenvalue weighted by Crippen LogP contribution is -2.43. The summed E-state index contributed by atoms with van der Waals surface area (Å²) >= 11 is 0. The number of unbranched alkanes of at least 4 members (excludes halogenated alkanes) is 8. The Balaban J connectivity index is 3.60. The molecule has 0 radical (unpaired) electrons. The summed E-state index contributed by atoms with van der Waals surface area (Å²) in [5.41, 5.74) is 0. The summed E-state index contributed by atoms with van der Waals surface area (Å²) in [7, 11) is 2.35. The molecule has 0 spiro atoms. The maximum atomic E-state index is 11.9. The van der Waals surface area contributed by atoms with E-state index in [1.807, 2.05) is 0 Å². The summed E-state index contributed by atoms with van der Waals surface area (Å²) in [6.45, 7) is 2.69. The molecule has 0 aromatic rings. The van der Waals surface area contributed by atoms with E-state index in [0.717, 1.165) is 25.7 Å². The van der Waals surface area contributed by atoms with E-state index >= 15 is 0 Å². The summed E-state index contributed by atoms with van der Waals surface area (Å²) in [4.78, 5) is 34.0. The van der Waals surface area contributed by atoms with Crippen LogP contribution >= 0.6 is 9.24 Å². The van der Waals surface area contributed by atoms with Gasteiger partial charge in [0, 0.05) is 19.4 Å². The van der Waals surface area contributed by atoms with Crippen LogP contribution in [-0.4, -0.2) is 35.2 Å². The summed E-state index contributed by atoms with van der Waals surface area (Å²) in [6, 6.07) is 0. The van der Waals surface area contributed by atoms with Gasteiger partial charge in [-0.15, -0.1) is 9.24 Å². The summed E-state index contributed by atoms with van der Waals surface area (Å²) in [6.07, 6.45) is 10.8. The van der Waals surface area contributed by atoms with Crippen molar-refractivity contribution < 1.29 is 19.5 Å². The van der Waals surface area contributed by atoms with Crippen LogP contribution < -0.4 is 10.6 Å². The zero-order valence-electron chi connectivity index (χ0n) is 15.5. The molecule has 0 fully saturated rings. The molecule has 3 N–H and O–H groups in total. The van der Waals surface area contributed by atoms with Crippen molar-refractivity contribution in [2.24, 2.45) is 0 Å². The predicted molar refractivity (Wildman–Crippen MR) is 103 cm³/mol. The number of carbonyl (C=O) groups is 3. The normalized spacial score (nSPS) is 11.8. The molecule has 0 bridgehead atoms. The molecule has 25 heavy (non-hydrogen) atoms. The first kappa shape index (κ1) is 23.8. The van der Waals surface area contributed by atoms with Crippen molar-refractivity contribution in [3.63, 3.8) is 0 Å². The lowest BCUT2D eigenvalue weighted by molar-refractivity contribution is -0.137. The van der Waals surface area contributed by atoms with Gasteiger partial charge in [0.05, 0.1) is 0 Å². The standard InChI is InChI=1S/C18H35N2O4P/c1-2-3-4-5-6-7-9-12-15(21)20-18(25)17(24)19-14-11-8-10-13-16(22)23/h18H,2-14,25H2,1H3,(H,19,24)(H,20,21)(H,22,23)/t18-/m1/s1. The van der Waals surface area contributed by atoms with Crippen molar-refractivity contribution in [3.8, 4) is 0 Å². The minimum atomic E-state index is -0.794. The number of amides is 2. The second kappa shape index (κ2) is 16.3. The third-order valence-electron chi connectivity index (χ3n) is 3.97. The van der Waals surface area contributed by atoms with E-state index in [1.54, 1.807) is 0 Å². The highest BCUT2D eigenvalue weighted by molar-refractivity contribution is 7.19. The molecule has 0 aromatic carbocycles. The molecule has 0 rings (SSSR count). The number of nitrogens with one attached hydrogen (secondary N) is 2. The molecule has 0 aromatic heterocycles. The number of rotatable bonds is 16. The smallest absolute Gasteiger partial charge is 0.303 e. The first-order valence-corrected chi connectivity index (χ1v) is 10.2. The number of carboxylic acid groups (broad SMARTS) is 1. The summed E-state index contributed by atoms with van der Waals surface area (Å²) in [5.74, 6) is -1.73. The second-order valence-electron chi connectivity index (χ2n) is 6.41. The minimum Gasteiger partial charge on any atom is -0.481 e. The molecule has 146 valence electrons. The third-order valence-corrected chi connectivity index (χ3v) is 4.44. The highest BCUT2D eigenvalue weighted by atomic mass is 31.0. The Morgan fingerprint density at radius 2 is 1.44 bits per heavy atom. The molecule has 0 heterocycles. The lowest BCUT2D eigenvalue weighted by atomic mass is 10.1. The Bertz CT molecular complexity index is 391. The molecule has 6 nitrogen and oxygen atoms in total. The van der Waals surface area contributed by atoms with Crippen LogP contribution in [0.1, 0.15) is 84.0 Å². The fourth-order valence-corrected chi connectivity index (χ4v) is 2.76. The van der Waals surface area contributed by atoms with Crippen molar-refractivity contribution in [3.05, 3.63) is 0 Å². The van der Waals surface area contributed by atoms with Crippen LogP contribution in [-0.2, 0) is 14.4 Å². The zero-order chi connectivity index (χ0) is 18.9. The van der Waals surface area contributed by atoms with E-state index in [-0.39, 0.29) is 18.2 Å². The molecule has 0 aliphatic carbocycles. The van der Waals surface area contributed by atoms with E-state index in [0.29, 0.717) is 19.4 Å². The maximum Gasteiger partial charge on any atom is 0.303 e. The van der Waals surface area contributed by atoms with Crippen molar-refractivity contribution in [2.45, 2.75) is 89.8 Å². The van der Waals surface area contributed by atoms with Gasteiger partial charge in [0.25, 0.3) is 0 Å². The molecular weight excluding hydrogens is 339 g/mol. The molecule has 0 aliphatic rings. The minimum absolute atomic E-state index is 0.0924. The molecular formula is C18H35N2O4P. The van der Waals surface area contributed by atoms with E-state index in [9.17, 15) is 14.4 Å². The van der Waals surface area contributed by atoms with Crippen molar-refractivity contribution in [2.75, 3.05) is 6.54 Å². The van der Waals surface area contributed by atoms with Gasteiger partial charge >= 0.3 is 5.97 Å². The quantitative estimate of drug-likeness (QED) is 0.286. The van der Waals surface area contributed by atoms with Crippen LogP contribution in [0, 0.1) is 0 Å². The van der Waals surface area contributed by atoms with Gasteiger partial charge in [0.2, 0.25) is 11.8 Å². The van der Waals surface area contributed by atoms with Crippen LogP contribution in [0.2, 0.25) is 0 Å². The summed E-state index contributed by atoms with van der Waals surface area (Å²) in [5, 5.41) is 14.0.